The molecule has 1 atom stereocenters. The summed E-state index contributed by atoms with van der Waals surface area (Å²) < 4.78 is 0. The van der Waals surface area contributed by atoms with Gasteiger partial charge in [-0.05, 0) is 31.1 Å². The van der Waals surface area contributed by atoms with E-state index in [0.717, 1.165) is 0 Å². The monoisotopic (exact) mass is 318 g/mol. The van der Waals surface area contributed by atoms with E-state index >= 15 is 0 Å². The average Bonchev–Trinajstić information content (AvgIpc) is 2.49. The molecule has 0 fully saturated rings. The van der Waals surface area contributed by atoms with Crippen LogP contribution in [0, 0.1) is 10.1 Å². The van der Waals surface area contributed by atoms with Gasteiger partial charge in [0.2, 0.25) is 0 Å². The first-order chi connectivity index (χ1) is 10.7. The number of nitro benzene ring substituents is 1. The van der Waals surface area contributed by atoms with Gasteiger partial charge in [-0.3, -0.25) is 10.1 Å². The largest absolute Gasteiger partial charge is 0.477 e. The van der Waals surface area contributed by atoms with E-state index in [1.807, 2.05) is 0 Å². The molecule has 0 amide bonds. The molecule has 1 unspecified atom stereocenters. The lowest BCUT2D eigenvalue weighted by atomic mass is 9.73. The van der Waals surface area contributed by atoms with Crippen molar-refractivity contribution in [2.45, 2.75) is 19.3 Å². The molecule has 0 radical (unpaired) electrons. The minimum atomic E-state index is -1.29. The Bertz CT molecular complexity index is 763. The third-order valence-corrected chi connectivity index (χ3v) is 3.97. The Labute approximate surface area is 130 Å². The van der Waals surface area contributed by atoms with Gasteiger partial charge in [-0.15, -0.1) is 0 Å². The van der Waals surface area contributed by atoms with E-state index in [2.05, 4.69) is 5.32 Å². The molecular weight excluding hydrogens is 304 g/mol. The van der Waals surface area contributed by atoms with Crippen molar-refractivity contribution in [2.75, 3.05) is 0 Å². The third-order valence-electron chi connectivity index (χ3n) is 3.97. The number of dihydropyridines is 1. The van der Waals surface area contributed by atoms with Crippen LogP contribution in [0.1, 0.15) is 19.4 Å². The lowest BCUT2D eigenvalue weighted by molar-refractivity contribution is -0.384. The number of carboxylic acid groups (broad SMARTS) is 2. The smallest absolute Gasteiger partial charge is 0.352 e. The maximum Gasteiger partial charge on any atom is 0.352 e. The predicted octanol–water partition coefficient (Wildman–Crippen LogP) is 1.78. The van der Waals surface area contributed by atoms with Crippen molar-refractivity contribution >= 4 is 17.6 Å². The van der Waals surface area contributed by atoms with Gasteiger partial charge >= 0.3 is 11.9 Å². The Kier molecular flexibility index (Phi) is 3.92. The molecule has 8 nitrogen and oxygen atoms in total. The molecule has 0 aliphatic carbocycles. The highest BCUT2D eigenvalue weighted by Crippen LogP contribution is 2.38. The van der Waals surface area contributed by atoms with E-state index in [1.54, 1.807) is 13.8 Å². The summed E-state index contributed by atoms with van der Waals surface area (Å²) in [6, 6.07) is 5.57. The maximum atomic E-state index is 11.4. The van der Waals surface area contributed by atoms with Crippen LogP contribution in [0.2, 0.25) is 0 Å². The van der Waals surface area contributed by atoms with E-state index in [0.29, 0.717) is 11.1 Å². The Morgan fingerprint density at radius 3 is 2.17 bits per heavy atom. The normalized spacial score (nSPS) is 20.5. The number of nitro groups is 1. The second kappa shape index (κ2) is 5.56. The predicted molar refractivity (Wildman–Crippen MR) is 79.6 cm³/mol. The minimum Gasteiger partial charge on any atom is -0.477 e. The fraction of sp³-hybridized carbons (Fsp3) is 0.200. The summed E-state index contributed by atoms with van der Waals surface area (Å²) in [6.07, 6.45) is 1.40. The Balaban J connectivity index is 2.62. The molecule has 0 aromatic heterocycles. The van der Waals surface area contributed by atoms with Crippen molar-refractivity contribution in [2.24, 2.45) is 0 Å². The number of nitrogens with one attached hydrogen (secondary N) is 1. The van der Waals surface area contributed by atoms with Crippen LogP contribution >= 0.6 is 0 Å². The molecule has 8 heteroatoms. The van der Waals surface area contributed by atoms with Crippen molar-refractivity contribution in [3.05, 3.63) is 63.0 Å². The highest BCUT2D eigenvalue weighted by Gasteiger charge is 2.36. The van der Waals surface area contributed by atoms with Gasteiger partial charge in [0.25, 0.3) is 5.69 Å². The van der Waals surface area contributed by atoms with Crippen LogP contribution in [0.25, 0.3) is 0 Å². The summed E-state index contributed by atoms with van der Waals surface area (Å²) in [5.74, 6) is -2.56. The second-order valence-electron chi connectivity index (χ2n) is 5.30. The summed E-state index contributed by atoms with van der Waals surface area (Å²) in [5, 5.41) is 31.6. The lowest BCUT2D eigenvalue weighted by Gasteiger charge is -2.34. The Morgan fingerprint density at radius 1 is 1.17 bits per heavy atom. The molecule has 2 rings (SSSR count). The maximum absolute atomic E-state index is 11.4. The van der Waals surface area contributed by atoms with Crippen molar-refractivity contribution in [1.82, 2.24) is 5.32 Å². The third kappa shape index (κ3) is 2.78. The van der Waals surface area contributed by atoms with E-state index in [-0.39, 0.29) is 17.1 Å². The highest BCUT2D eigenvalue weighted by atomic mass is 16.6. The van der Waals surface area contributed by atoms with Gasteiger partial charge in [-0.2, -0.15) is 0 Å². The molecule has 120 valence electrons. The standard InChI is InChI=1S/C15H14N2O6/c1-8-12(14(20)21)16-11(13(18)19)7-15(8,2)9-3-5-10(6-4-9)17(22)23/h3-7,16H,1-2H3,(H,18,19)(H,20,21). The minimum absolute atomic E-state index is 0.103. The number of allylic oxidation sites excluding steroid dienone is 2. The van der Waals surface area contributed by atoms with E-state index < -0.39 is 22.3 Å². The fourth-order valence-electron chi connectivity index (χ4n) is 2.48. The van der Waals surface area contributed by atoms with Gasteiger partial charge in [0.05, 0.1) is 4.92 Å². The van der Waals surface area contributed by atoms with Crippen molar-refractivity contribution < 1.29 is 24.7 Å². The zero-order valence-electron chi connectivity index (χ0n) is 12.4. The molecule has 1 aliphatic heterocycles. The number of carboxylic acids is 2. The van der Waals surface area contributed by atoms with Gasteiger partial charge in [0.15, 0.2) is 0 Å². The molecule has 0 spiro atoms. The summed E-state index contributed by atoms with van der Waals surface area (Å²) in [6.45, 7) is 3.24. The molecule has 1 heterocycles. The van der Waals surface area contributed by atoms with Crippen LogP contribution in [0.4, 0.5) is 5.69 Å². The van der Waals surface area contributed by atoms with Gasteiger partial charge in [-0.1, -0.05) is 12.1 Å². The van der Waals surface area contributed by atoms with Gasteiger partial charge < -0.3 is 15.5 Å². The van der Waals surface area contributed by atoms with Gasteiger partial charge in [0, 0.05) is 17.5 Å². The first-order valence-corrected chi connectivity index (χ1v) is 6.59. The van der Waals surface area contributed by atoms with Crippen LogP contribution in [0.3, 0.4) is 0 Å². The molecule has 0 bridgehead atoms. The van der Waals surface area contributed by atoms with Crippen molar-refractivity contribution in [3.8, 4) is 0 Å². The Morgan fingerprint density at radius 2 is 1.74 bits per heavy atom. The van der Waals surface area contributed by atoms with E-state index in [4.69, 9.17) is 0 Å². The molecular formula is C15H14N2O6. The molecule has 1 aromatic carbocycles. The topological polar surface area (TPSA) is 130 Å². The molecule has 1 aromatic rings. The summed E-state index contributed by atoms with van der Waals surface area (Å²) in [7, 11) is 0. The van der Waals surface area contributed by atoms with Crippen LogP contribution in [0.15, 0.2) is 47.3 Å². The average molecular weight is 318 g/mol. The van der Waals surface area contributed by atoms with E-state index in [9.17, 15) is 29.9 Å². The van der Waals surface area contributed by atoms with Crippen LogP contribution in [-0.2, 0) is 15.0 Å². The fourth-order valence-corrected chi connectivity index (χ4v) is 2.48. The number of hydrogen-bond acceptors (Lipinski definition) is 5. The zero-order chi connectivity index (χ0) is 17.4. The number of nitrogens with zero attached hydrogens (tertiary/aromatic N) is 1. The van der Waals surface area contributed by atoms with Gasteiger partial charge in [-0.25, -0.2) is 9.59 Å². The second-order valence-corrected chi connectivity index (χ2v) is 5.30. The summed E-state index contributed by atoms with van der Waals surface area (Å²) in [5.41, 5.74) is -0.626. The van der Waals surface area contributed by atoms with Crippen molar-refractivity contribution in [3.63, 3.8) is 0 Å². The van der Waals surface area contributed by atoms with E-state index in [1.165, 1.54) is 30.3 Å². The molecule has 0 saturated heterocycles. The summed E-state index contributed by atoms with van der Waals surface area (Å²) in [4.78, 5) is 32.8. The van der Waals surface area contributed by atoms with Gasteiger partial charge in [0.1, 0.15) is 11.4 Å². The van der Waals surface area contributed by atoms with Crippen LogP contribution in [-0.4, -0.2) is 27.1 Å². The Hall–Kier alpha value is -3.16. The SMILES string of the molecule is CC1=C(C(=O)O)NC(C(=O)O)=CC1(C)c1ccc([N+](=O)[O-])cc1. The van der Waals surface area contributed by atoms with Crippen LogP contribution in [0.5, 0.6) is 0 Å². The zero-order valence-corrected chi connectivity index (χ0v) is 12.4. The molecule has 1 aliphatic rings. The number of hydrogen-bond donors (Lipinski definition) is 3. The van der Waals surface area contributed by atoms with Crippen molar-refractivity contribution in [1.29, 1.82) is 0 Å². The number of aliphatic carboxylic acids is 2. The first kappa shape index (κ1) is 16.2. The molecule has 0 saturated carbocycles. The quantitative estimate of drug-likeness (QED) is 0.570. The molecule has 23 heavy (non-hydrogen) atoms. The lowest BCUT2D eigenvalue weighted by Crippen LogP contribution is -2.37. The number of rotatable bonds is 4. The first-order valence-electron chi connectivity index (χ1n) is 6.59. The summed E-state index contributed by atoms with van der Waals surface area (Å²) >= 11 is 0. The number of non-ortho nitro benzene ring substituents is 1. The highest BCUT2D eigenvalue weighted by molar-refractivity contribution is 5.94. The molecule has 3 N–H and O–H groups in total. The van der Waals surface area contributed by atoms with Crippen LogP contribution < -0.4 is 5.32 Å². The number of carbonyl (C=O) groups is 2. The number of benzene rings is 1.